The molecule has 0 aromatic carbocycles. The number of nitrogens with one attached hydrogen (secondary N) is 1. The van der Waals surface area contributed by atoms with Crippen molar-refractivity contribution >= 4 is 17.7 Å². The van der Waals surface area contributed by atoms with Gasteiger partial charge in [-0.1, -0.05) is 0 Å². The van der Waals surface area contributed by atoms with Gasteiger partial charge >= 0.3 is 0 Å². The summed E-state index contributed by atoms with van der Waals surface area (Å²) in [7, 11) is 0. The van der Waals surface area contributed by atoms with Crippen LogP contribution in [0, 0.1) is 0 Å². The Labute approximate surface area is 52.7 Å². The zero-order chi connectivity index (χ0) is 6.41. The third-order valence-corrected chi connectivity index (χ3v) is 0.899. The summed E-state index contributed by atoms with van der Waals surface area (Å²) in [5.41, 5.74) is 7.37. The molecule has 0 unspecified atom stereocenters. The van der Waals surface area contributed by atoms with Crippen LogP contribution in [0.15, 0.2) is 4.99 Å². The van der Waals surface area contributed by atoms with Gasteiger partial charge < -0.3 is 5.73 Å². The Kier molecular flexibility index (Phi) is 4.48. The van der Waals surface area contributed by atoms with Gasteiger partial charge in [-0.25, -0.2) is 10.8 Å². The molecule has 0 rings (SSSR count). The molecule has 4 nitrogen and oxygen atoms in total. The molecule has 0 aromatic heterocycles. The molecule has 0 aliphatic rings. The van der Waals surface area contributed by atoms with Gasteiger partial charge in [0.25, 0.3) is 0 Å². The summed E-state index contributed by atoms with van der Waals surface area (Å²) >= 11 is 1.58. The summed E-state index contributed by atoms with van der Waals surface area (Å²) in [6.07, 6.45) is 1.94. The van der Waals surface area contributed by atoms with Gasteiger partial charge in [0.2, 0.25) is 5.96 Å². The molecule has 0 amide bonds. The van der Waals surface area contributed by atoms with Crippen LogP contribution in [-0.2, 0) is 0 Å². The number of hydrazine groups is 1. The predicted molar refractivity (Wildman–Crippen MR) is 37.3 cm³/mol. The second-order valence-corrected chi connectivity index (χ2v) is 1.94. The van der Waals surface area contributed by atoms with Gasteiger partial charge in [0.1, 0.15) is 0 Å². The van der Waals surface area contributed by atoms with Crippen molar-refractivity contribution in [3.63, 3.8) is 0 Å². The van der Waals surface area contributed by atoms with E-state index in [1.54, 1.807) is 11.8 Å². The first kappa shape index (κ1) is 7.58. The average Bonchev–Trinajstić information content (AvgIpc) is 1.83. The standard InChI is InChI=1S/C3H10N4S/c1-8-2-6-3(4)7-5/h2,5H2,1H3,(H3,4,6,7). The average molecular weight is 134 g/mol. The number of nitrogens with zero attached hydrogens (tertiary/aromatic N) is 1. The first-order valence-electron chi connectivity index (χ1n) is 2.06. The highest BCUT2D eigenvalue weighted by Crippen LogP contribution is 1.88. The molecule has 0 spiro atoms. The summed E-state index contributed by atoms with van der Waals surface area (Å²) in [6, 6.07) is 0. The van der Waals surface area contributed by atoms with Gasteiger partial charge in [0, 0.05) is 0 Å². The normalized spacial score (nSPS) is 11.5. The fraction of sp³-hybridized carbons (Fsp3) is 0.667. The Hall–Kier alpha value is -0.420. The van der Waals surface area contributed by atoms with Crippen molar-refractivity contribution < 1.29 is 0 Å². The van der Waals surface area contributed by atoms with Crippen molar-refractivity contribution in [2.24, 2.45) is 16.6 Å². The maximum atomic E-state index is 5.16. The van der Waals surface area contributed by atoms with Crippen LogP contribution in [0.3, 0.4) is 0 Å². The molecule has 0 saturated carbocycles. The number of aliphatic imine (C=N–C) groups is 1. The summed E-state index contributed by atoms with van der Waals surface area (Å²) < 4.78 is 0. The molecule has 0 fully saturated rings. The molecule has 0 radical (unpaired) electrons. The number of thioether (sulfide) groups is 1. The van der Waals surface area contributed by atoms with E-state index >= 15 is 0 Å². The van der Waals surface area contributed by atoms with E-state index in [2.05, 4.69) is 10.4 Å². The number of hydrogen-bond donors (Lipinski definition) is 3. The lowest BCUT2D eigenvalue weighted by Crippen LogP contribution is -2.37. The molecule has 0 atom stereocenters. The minimum atomic E-state index is 0.277. The minimum Gasteiger partial charge on any atom is -0.369 e. The number of nitrogens with two attached hydrogens (primary N) is 2. The monoisotopic (exact) mass is 134 g/mol. The van der Waals surface area contributed by atoms with E-state index in [0.717, 1.165) is 0 Å². The lowest BCUT2D eigenvalue weighted by Gasteiger charge is -1.94. The first-order chi connectivity index (χ1) is 3.81. The third-order valence-electron chi connectivity index (χ3n) is 0.512. The van der Waals surface area contributed by atoms with Crippen LogP contribution in [-0.4, -0.2) is 18.1 Å². The van der Waals surface area contributed by atoms with Gasteiger partial charge in [-0.05, 0) is 6.26 Å². The van der Waals surface area contributed by atoms with Crippen LogP contribution in [0.5, 0.6) is 0 Å². The molecular weight excluding hydrogens is 124 g/mol. The summed E-state index contributed by atoms with van der Waals surface area (Å²) in [4.78, 5) is 3.78. The number of guanidine groups is 1. The van der Waals surface area contributed by atoms with Gasteiger partial charge in [-0.3, -0.25) is 5.43 Å². The van der Waals surface area contributed by atoms with Crippen LogP contribution in [0.2, 0.25) is 0 Å². The Balaban J connectivity index is 3.26. The largest absolute Gasteiger partial charge is 0.369 e. The van der Waals surface area contributed by atoms with Crippen molar-refractivity contribution in [3.05, 3.63) is 0 Å². The highest BCUT2D eigenvalue weighted by molar-refractivity contribution is 7.98. The quantitative estimate of drug-likeness (QED) is 0.198. The van der Waals surface area contributed by atoms with Crippen LogP contribution in [0.4, 0.5) is 0 Å². The second kappa shape index (κ2) is 4.73. The van der Waals surface area contributed by atoms with Crippen molar-refractivity contribution in [2.45, 2.75) is 0 Å². The SMILES string of the molecule is CSC/N=C(/N)NN. The lowest BCUT2D eigenvalue weighted by molar-refractivity contribution is 0.998. The van der Waals surface area contributed by atoms with Crippen LogP contribution >= 0.6 is 11.8 Å². The Bertz CT molecular complexity index is 81.4. The molecule has 5 heteroatoms. The Morgan fingerprint density at radius 3 is 2.88 bits per heavy atom. The predicted octanol–water partition coefficient (Wildman–Crippen LogP) is -0.915. The highest BCUT2D eigenvalue weighted by atomic mass is 32.2. The molecule has 0 heterocycles. The molecule has 8 heavy (non-hydrogen) atoms. The Morgan fingerprint density at radius 2 is 2.50 bits per heavy atom. The van der Waals surface area contributed by atoms with Crippen LogP contribution in [0.25, 0.3) is 0 Å². The maximum Gasteiger partial charge on any atom is 0.203 e. The summed E-state index contributed by atoms with van der Waals surface area (Å²) in [5, 5.41) is 0. The van der Waals surface area contributed by atoms with Crippen molar-refractivity contribution in [2.75, 3.05) is 12.1 Å². The molecule has 0 aliphatic carbocycles. The molecule has 0 aromatic rings. The smallest absolute Gasteiger partial charge is 0.203 e. The zero-order valence-electron chi connectivity index (χ0n) is 4.72. The second-order valence-electron chi connectivity index (χ2n) is 1.11. The number of hydrogen-bond acceptors (Lipinski definition) is 3. The van der Waals surface area contributed by atoms with E-state index in [9.17, 15) is 0 Å². The van der Waals surface area contributed by atoms with Crippen LogP contribution in [0.1, 0.15) is 0 Å². The third kappa shape index (κ3) is 3.76. The van der Waals surface area contributed by atoms with E-state index < -0.39 is 0 Å². The fourth-order valence-electron chi connectivity index (χ4n) is 0.180. The fourth-order valence-corrected chi connectivity index (χ4v) is 0.448. The summed E-state index contributed by atoms with van der Waals surface area (Å²) in [6.45, 7) is 0. The molecule has 48 valence electrons. The van der Waals surface area contributed by atoms with E-state index in [4.69, 9.17) is 11.6 Å². The molecule has 5 N–H and O–H groups in total. The molecule has 0 bridgehead atoms. The lowest BCUT2D eigenvalue weighted by atomic mass is 11.0. The molecule has 0 saturated heterocycles. The Morgan fingerprint density at radius 1 is 1.88 bits per heavy atom. The van der Waals surface area contributed by atoms with Crippen molar-refractivity contribution in [3.8, 4) is 0 Å². The van der Waals surface area contributed by atoms with E-state index in [0.29, 0.717) is 5.88 Å². The first-order valence-corrected chi connectivity index (χ1v) is 3.46. The summed E-state index contributed by atoms with van der Waals surface area (Å²) in [5.74, 6) is 5.82. The van der Waals surface area contributed by atoms with Gasteiger partial charge in [-0.2, -0.15) is 0 Å². The maximum absolute atomic E-state index is 5.16. The van der Waals surface area contributed by atoms with E-state index in [-0.39, 0.29) is 5.96 Å². The molecular formula is C3H10N4S. The van der Waals surface area contributed by atoms with Crippen molar-refractivity contribution in [1.82, 2.24) is 5.43 Å². The van der Waals surface area contributed by atoms with Gasteiger partial charge in [0.15, 0.2) is 0 Å². The van der Waals surface area contributed by atoms with Gasteiger partial charge in [0.05, 0.1) is 5.88 Å². The highest BCUT2D eigenvalue weighted by Gasteiger charge is 1.79. The van der Waals surface area contributed by atoms with Gasteiger partial charge in [-0.15, -0.1) is 11.8 Å². The topological polar surface area (TPSA) is 76.4 Å². The van der Waals surface area contributed by atoms with Crippen LogP contribution < -0.4 is 17.0 Å². The van der Waals surface area contributed by atoms with E-state index in [1.807, 2.05) is 6.26 Å². The molecule has 0 aliphatic heterocycles. The zero-order valence-corrected chi connectivity index (χ0v) is 5.53. The number of rotatable bonds is 2. The minimum absolute atomic E-state index is 0.277. The van der Waals surface area contributed by atoms with E-state index in [1.165, 1.54) is 0 Å². The van der Waals surface area contributed by atoms with Crippen molar-refractivity contribution in [1.29, 1.82) is 0 Å².